The number of hydrogen-bond acceptors (Lipinski definition) is 2. The highest BCUT2D eigenvalue weighted by Crippen LogP contribution is 2.17. The normalized spacial score (nSPS) is 14.7. The summed E-state index contributed by atoms with van der Waals surface area (Å²) in [7, 11) is 0. The molecule has 0 bridgehead atoms. The molecule has 0 amide bonds. The Hall–Kier alpha value is -0.800. The molecule has 1 unspecified atom stereocenters. The van der Waals surface area contributed by atoms with Crippen molar-refractivity contribution >= 4 is 17.7 Å². The van der Waals surface area contributed by atoms with Crippen LogP contribution in [0, 0.1) is 0 Å². The van der Waals surface area contributed by atoms with Gasteiger partial charge in [-0.25, -0.2) is 0 Å². The molecule has 0 heterocycles. The largest absolute Gasteiger partial charge is 0.390 e. The Morgan fingerprint density at radius 2 is 2.20 bits per heavy atom. The minimum Gasteiger partial charge on any atom is -0.390 e. The molecule has 0 aromatic heterocycles. The van der Waals surface area contributed by atoms with Crippen LogP contribution in [0.4, 0.5) is 0 Å². The summed E-state index contributed by atoms with van der Waals surface area (Å²) in [5.41, 5.74) is 0.822. The first-order chi connectivity index (χ1) is 6.94. The summed E-state index contributed by atoms with van der Waals surface area (Å²) in [6, 6.07) is 7.22. The van der Waals surface area contributed by atoms with Crippen LogP contribution in [0.15, 0.2) is 24.3 Å². The molecule has 1 atom stereocenters. The lowest BCUT2D eigenvalue weighted by Crippen LogP contribution is -2.25. The molecule has 82 valence electrons. The second kappa shape index (κ2) is 4.81. The van der Waals surface area contributed by atoms with E-state index >= 15 is 0 Å². The molecule has 1 aromatic rings. The van der Waals surface area contributed by atoms with Crippen molar-refractivity contribution in [1.29, 1.82) is 0 Å². The van der Waals surface area contributed by atoms with Crippen LogP contribution in [0.25, 0.3) is 0 Å². The van der Waals surface area contributed by atoms with E-state index in [1.165, 1.54) is 0 Å². The smallest absolute Gasteiger partial charge is 0.216 e. The van der Waals surface area contributed by atoms with E-state index in [0.29, 0.717) is 18.4 Å². The lowest BCUT2D eigenvalue weighted by atomic mass is 9.93. The molecule has 0 aliphatic carbocycles. The van der Waals surface area contributed by atoms with Crippen molar-refractivity contribution in [1.82, 2.24) is 0 Å². The Labute approximate surface area is 95.7 Å². The van der Waals surface area contributed by atoms with Crippen LogP contribution in [-0.2, 0) is 6.42 Å². The fraction of sp³-hybridized carbons (Fsp3) is 0.417. The molecule has 0 aliphatic heterocycles. The van der Waals surface area contributed by atoms with Gasteiger partial charge in [-0.15, -0.1) is 12.6 Å². The predicted molar refractivity (Wildman–Crippen MR) is 64.4 cm³/mol. The molecule has 0 fully saturated rings. The summed E-state index contributed by atoms with van der Waals surface area (Å²) >= 11 is 3.77. The lowest BCUT2D eigenvalue weighted by molar-refractivity contribution is 0.0564. The zero-order chi connectivity index (χ0) is 11.5. The van der Waals surface area contributed by atoms with Crippen LogP contribution < -0.4 is 0 Å². The molecule has 1 aromatic carbocycles. The first kappa shape index (κ1) is 12.3. The van der Waals surface area contributed by atoms with Crippen molar-refractivity contribution in [3.05, 3.63) is 35.4 Å². The molecule has 1 rings (SSSR count). The topological polar surface area (TPSA) is 37.3 Å². The average molecular weight is 224 g/mol. The van der Waals surface area contributed by atoms with E-state index in [2.05, 4.69) is 12.6 Å². The van der Waals surface area contributed by atoms with Gasteiger partial charge >= 0.3 is 0 Å². The van der Waals surface area contributed by atoms with Gasteiger partial charge in [-0.1, -0.05) is 25.1 Å². The van der Waals surface area contributed by atoms with Crippen LogP contribution in [0.5, 0.6) is 0 Å². The fourth-order valence-corrected chi connectivity index (χ4v) is 1.52. The number of carbonyl (C=O) groups is 1. The van der Waals surface area contributed by atoms with Gasteiger partial charge < -0.3 is 5.11 Å². The van der Waals surface area contributed by atoms with Gasteiger partial charge in [0.1, 0.15) is 0 Å². The molecule has 0 saturated carbocycles. The summed E-state index contributed by atoms with van der Waals surface area (Å²) in [5, 5.41) is 9.66. The number of rotatable bonds is 4. The highest BCUT2D eigenvalue weighted by molar-refractivity contribution is 7.97. The van der Waals surface area contributed by atoms with Crippen molar-refractivity contribution in [2.24, 2.45) is 0 Å². The lowest BCUT2D eigenvalue weighted by Gasteiger charge is -2.21. The first-order valence-electron chi connectivity index (χ1n) is 4.99. The van der Waals surface area contributed by atoms with E-state index in [9.17, 15) is 9.90 Å². The third kappa shape index (κ3) is 3.68. The van der Waals surface area contributed by atoms with E-state index in [4.69, 9.17) is 0 Å². The summed E-state index contributed by atoms with van der Waals surface area (Å²) in [6.07, 6.45) is 1.24. The minimum absolute atomic E-state index is 0.243. The number of thiol groups is 1. The minimum atomic E-state index is -0.710. The van der Waals surface area contributed by atoms with E-state index in [1.807, 2.05) is 19.1 Å². The van der Waals surface area contributed by atoms with Gasteiger partial charge in [0.25, 0.3) is 0 Å². The zero-order valence-corrected chi connectivity index (χ0v) is 9.92. The molecule has 0 radical (unpaired) electrons. The molecule has 0 saturated heterocycles. The van der Waals surface area contributed by atoms with Crippen LogP contribution in [0.2, 0.25) is 0 Å². The van der Waals surface area contributed by atoms with Gasteiger partial charge in [-0.05, 0) is 25.0 Å². The Morgan fingerprint density at radius 1 is 1.53 bits per heavy atom. The van der Waals surface area contributed by atoms with Gasteiger partial charge in [-0.3, -0.25) is 4.79 Å². The molecule has 0 spiro atoms. The monoisotopic (exact) mass is 224 g/mol. The Morgan fingerprint density at radius 3 is 2.73 bits per heavy atom. The fourth-order valence-electron chi connectivity index (χ4n) is 1.38. The van der Waals surface area contributed by atoms with Gasteiger partial charge in [0.2, 0.25) is 5.12 Å². The number of carbonyl (C=O) groups excluding carboxylic acids is 1. The Balaban J connectivity index is 2.87. The number of benzene rings is 1. The third-order valence-corrected chi connectivity index (χ3v) is 2.78. The van der Waals surface area contributed by atoms with Crippen molar-refractivity contribution in [3.8, 4) is 0 Å². The van der Waals surface area contributed by atoms with Crippen LogP contribution >= 0.6 is 12.6 Å². The van der Waals surface area contributed by atoms with E-state index in [-0.39, 0.29) is 5.12 Å². The number of hydrogen-bond donors (Lipinski definition) is 2. The van der Waals surface area contributed by atoms with Gasteiger partial charge in [-0.2, -0.15) is 0 Å². The summed E-state index contributed by atoms with van der Waals surface area (Å²) < 4.78 is 0. The third-order valence-electron chi connectivity index (χ3n) is 2.52. The maximum atomic E-state index is 11.0. The van der Waals surface area contributed by atoms with Crippen molar-refractivity contribution in [2.75, 3.05) is 0 Å². The van der Waals surface area contributed by atoms with Gasteiger partial charge in [0.15, 0.2) is 0 Å². The van der Waals surface area contributed by atoms with Crippen molar-refractivity contribution in [2.45, 2.75) is 32.3 Å². The van der Waals surface area contributed by atoms with Crippen LogP contribution in [0.3, 0.4) is 0 Å². The highest BCUT2D eigenvalue weighted by Gasteiger charge is 2.18. The quantitative estimate of drug-likeness (QED) is 0.771. The Kier molecular flexibility index (Phi) is 3.94. The SMILES string of the molecule is CCC(C)(O)Cc1cccc(C(=O)S)c1. The summed E-state index contributed by atoms with van der Waals surface area (Å²) in [4.78, 5) is 11.0. The molecule has 1 N–H and O–H groups in total. The first-order valence-corrected chi connectivity index (χ1v) is 5.44. The van der Waals surface area contributed by atoms with E-state index < -0.39 is 5.60 Å². The molecule has 15 heavy (non-hydrogen) atoms. The van der Waals surface area contributed by atoms with Crippen molar-refractivity contribution < 1.29 is 9.90 Å². The average Bonchev–Trinajstić information content (AvgIpc) is 2.17. The molecule has 3 heteroatoms. The maximum Gasteiger partial charge on any atom is 0.216 e. The maximum absolute atomic E-state index is 11.0. The summed E-state index contributed by atoms with van der Waals surface area (Å²) in [6.45, 7) is 3.73. The predicted octanol–water partition coefficient (Wildman–Crippen LogP) is 2.46. The number of aliphatic hydroxyl groups is 1. The van der Waals surface area contributed by atoms with E-state index in [1.54, 1.807) is 19.1 Å². The molecular weight excluding hydrogens is 208 g/mol. The second-order valence-corrected chi connectivity index (χ2v) is 4.44. The standard InChI is InChI=1S/C12H16O2S/c1-3-12(2,14)8-9-5-4-6-10(7-9)11(13)15/h4-7,14H,3,8H2,1-2H3,(H,13,15). The van der Waals surface area contributed by atoms with Gasteiger partial charge in [0, 0.05) is 12.0 Å². The van der Waals surface area contributed by atoms with Crippen LogP contribution in [-0.4, -0.2) is 15.8 Å². The van der Waals surface area contributed by atoms with E-state index in [0.717, 1.165) is 5.56 Å². The molecular formula is C12H16O2S. The van der Waals surface area contributed by atoms with Gasteiger partial charge in [0.05, 0.1) is 5.60 Å². The molecule has 0 aliphatic rings. The van der Waals surface area contributed by atoms with Crippen LogP contribution in [0.1, 0.15) is 36.2 Å². The summed E-state index contributed by atoms with van der Waals surface area (Å²) in [5.74, 6) is 0. The van der Waals surface area contributed by atoms with Crippen molar-refractivity contribution in [3.63, 3.8) is 0 Å². The molecule has 2 nitrogen and oxygen atoms in total. The Bertz CT molecular complexity index is 358. The highest BCUT2D eigenvalue weighted by atomic mass is 32.1. The zero-order valence-electron chi connectivity index (χ0n) is 9.03. The second-order valence-electron chi connectivity index (χ2n) is 4.03.